The lowest BCUT2D eigenvalue weighted by Crippen LogP contribution is -2.45. The van der Waals surface area contributed by atoms with E-state index >= 15 is 0 Å². The maximum absolute atomic E-state index is 12.5. The van der Waals surface area contributed by atoms with E-state index in [0.717, 1.165) is 31.7 Å². The van der Waals surface area contributed by atoms with Crippen molar-refractivity contribution in [3.8, 4) is 5.75 Å². The molecule has 0 aliphatic carbocycles. The molecule has 1 aliphatic rings. The topological polar surface area (TPSA) is 55.6 Å². The number of nitrogens with zero attached hydrogens (tertiary/aromatic N) is 1. The summed E-state index contributed by atoms with van der Waals surface area (Å²) < 4.78 is 5.90. The molecular formula is C19H30N2O2. The Morgan fingerprint density at radius 1 is 1.35 bits per heavy atom. The second-order valence-electron chi connectivity index (χ2n) is 7.54. The first-order chi connectivity index (χ1) is 10.8. The van der Waals surface area contributed by atoms with E-state index < -0.39 is 6.10 Å². The Labute approximate surface area is 140 Å². The summed E-state index contributed by atoms with van der Waals surface area (Å²) in [5.41, 5.74) is 6.98. The molecule has 1 saturated heterocycles. The molecular weight excluding hydrogens is 288 g/mol. The highest BCUT2D eigenvalue weighted by molar-refractivity contribution is 5.81. The van der Waals surface area contributed by atoms with Gasteiger partial charge in [0, 0.05) is 13.1 Å². The molecule has 1 unspecified atom stereocenters. The van der Waals surface area contributed by atoms with E-state index in [1.165, 1.54) is 5.56 Å². The number of piperidine rings is 1. The average Bonchev–Trinajstić information content (AvgIpc) is 2.53. The van der Waals surface area contributed by atoms with Gasteiger partial charge in [0.2, 0.25) is 0 Å². The zero-order valence-electron chi connectivity index (χ0n) is 14.8. The van der Waals surface area contributed by atoms with Gasteiger partial charge in [-0.05, 0) is 55.3 Å². The Hall–Kier alpha value is -1.55. The van der Waals surface area contributed by atoms with Crippen LogP contribution in [-0.4, -0.2) is 36.5 Å². The number of likely N-dealkylation sites (tertiary alicyclic amines) is 1. The van der Waals surface area contributed by atoms with Crippen LogP contribution in [0, 0.1) is 5.92 Å². The SMILES string of the molecule is CC(Oc1cccc(C(C)(C)C)c1)C(=O)N1CCC(CN)CC1. The predicted octanol–water partition coefficient (Wildman–Crippen LogP) is 2.95. The van der Waals surface area contributed by atoms with Gasteiger partial charge in [0.05, 0.1) is 0 Å². The molecule has 1 atom stereocenters. The van der Waals surface area contributed by atoms with E-state index in [2.05, 4.69) is 26.8 Å². The van der Waals surface area contributed by atoms with Crippen LogP contribution in [0.1, 0.15) is 46.1 Å². The first-order valence-electron chi connectivity index (χ1n) is 8.57. The van der Waals surface area contributed by atoms with Gasteiger partial charge in [-0.25, -0.2) is 0 Å². The minimum Gasteiger partial charge on any atom is -0.481 e. The first kappa shape index (κ1) is 17.8. The van der Waals surface area contributed by atoms with Crippen molar-refractivity contribution in [2.75, 3.05) is 19.6 Å². The minimum absolute atomic E-state index is 0.0662. The fourth-order valence-corrected chi connectivity index (χ4v) is 2.94. The van der Waals surface area contributed by atoms with Gasteiger partial charge in [-0.3, -0.25) is 4.79 Å². The van der Waals surface area contributed by atoms with Crippen molar-refractivity contribution in [2.45, 2.75) is 52.1 Å². The normalized spacial score (nSPS) is 17.9. The smallest absolute Gasteiger partial charge is 0.263 e. The Bertz CT molecular complexity index is 528. The highest BCUT2D eigenvalue weighted by atomic mass is 16.5. The lowest BCUT2D eigenvalue weighted by atomic mass is 9.87. The molecule has 1 aromatic rings. The number of carbonyl (C=O) groups is 1. The summed E-state index contributed by atoms with van der Waals surface area (Å²) in [6, 6.07) is 8.03. The molecule has 1 aromatic carbocycles. The molecule has 0 spiro atoms. The number of benzene rings is 1. The molecule has 23 heavy (non-hydrogen) atoms. The van der Waals surface area contributed by atoms with E-state index in [-0.39, 0.29) is 11.3 Å². The molecule has 0 saturated carbocycles. The van der Waals surface area contributed by atoms with Crippen molar-refractivity contribution in [1.29, 1.82) is 0 Å². The molecule has 0 radical (unpaired) electrons. The van der Waals surface area contributed by atoms with Crippen molar-refractivity contribution in [3.63, 3.8) is 0 Å². The molecule has 4 heteroatoms. The van der Waals surface area contributed by atoms with Gasteiger partial charge in [0.1, 0.15) is 5.75 Å². The molecule has 128 valence electrons. The predicted molar refractivity (Wildman–Crippen MR) is 93.6 cm³/mol. The van der Waals surface area contributed by atoms with E-state index in [0.29, 0.717) is 12.5 Å². The summed E-state index contributed by atoms with van der Waals surface area (Å²) in [5.74, 6) is 1.38. The number of amides is 1. The summed E-state index contributed by atoms with van der Waals surface area (Å²) in [6.45, 7) is 10.6. The third-order valence-electron chi connectivity index (χ3n) is 4.62. The fraction of sp³-hybridized carbons (Fsp3) is 0.632. The van der Waals surface area contributed by atoms with Gasteiger partial charge in [-0.15, -0.1) is 0 Å². The molecule has 1 heterocycles. The Morgan fingerprint density at radius 2 is 2.00 bits per heavy atom. The summed E-state index contributed by atoms with van der Waals surface area (Å²) in [4.78, 5) is 14.5. The summed E-state index contributed by atoms with van der Waals surface area (Å²) in [5, 5.41) is 0. The molecule has 0 bridgehead atoms. The number of carbonyl (C=O) groups excluding carboxylic acids is 1. The summed E-state index contributed by atoms with van der Waals surface area (Å²) in [6.07, 6.45) is 1.53. The number of hydrogen-bond donors (Lipinski definition) is 1. The third kappa shape index (κ3) is 4.71. The maximum atomic E-state index is 12.5. The fourth-order valence-electron chi connectivity index (χ4n) is 2.94. The van der Waals surface area contributed by atoms with Gasteiger partial charge >= 0.3 is 0 Å². The largest absolute Gasteiger partial charge is 0.481 e. The number of nitrogens with two attached hydrogens (primary N) is 1. The maximum Gasteiger partial charge on any atom is 0.263 e. The second-order valence-corrected chi connectivity index (χ2v) is 7.54. The second kappa shape index (κ2) is 7.35. The molecule has 1 fully saturated rings. The van der Waals surface area contributed by atoms with Crippen LogP contribution in [0.4, 0.5) is 0 Å². The molecule has 1 aliphatic heterocycles. The van der Waals surface area contributed by atoms with Gasteiger partial charge < -0.3 is 15.4 Å². The molecule has 2 N–H and O–H groups in total. The average molecular weight is 318 g/mol. The monoisotopic (exact) mass is 318 g/mol. The van der Waals surface area contributed by atoms with Crippen LogP contribution < -0.4 is 10.5 Å². The van der Waals surface area contributed by atoms with Crippen LogP contribution in [0.3, 0.4) is 0 Å². The van der Waals surface area contributed by atoms with E-state index in [9.17, 15) is 4.79 Å². The summed E-state index contributed by atoms with van der Waals surface area (Å²) >= 11 is 0. The van der Waals surface area contributed by atoms with Crippen LogP contribution in [0.2, 0.25) is 0 Å². The molecule has 0 aromatic heterocycles. The summed E-state index contributed by atoms with van der Waals surface area (Å²) in [7, 11) is 0. The van der Waals surface area contributed by atoms with Crippen LogP contribution >= 0.6 is 0 Å². The Kier molecular flexibility index (Phi) is 5.69. The quantitative estimate of drug-likeness (QED) is 0.928. The highest BCUT2D eigenvalue weighted by Crippen LogP contribution is 2.26. The lowest BCUT2D eigenvalue weighted by Gasteiger charge is -2.33. The Morgan fingerprint density at radius 3 is 2.57 bits per heavy atom. The van der Waals surface area contributed by atoms with Gasteiger partial charge in [-0.2, -0.15) is 0 Å². The third-order valence-corrected chi connectivity index (χ3v) is 4.62. The van der Waals surface area contributed by atoms with Crippen LogP contribution in [0.15, 0.2) is 24.3 Å². The zero-order chi connectivity index (χ0) is 17.0. The van der Waals surface area contributed by atoms with Gasteiger partial charge in [-0.1, -0.05) is 32.9 Å². The minimum atomic E-state index is -0.459. The number of hydrogen-bond acceptors (Lipinski definition) is 3. The van der Waals surface area contributed by atoms with E-state index in [4.69, 9.17) is 10.5 Å². The van der Waals surface area contributed by atoms with Crippen molar-refractivity contribution in [2.24, 2.45) is 11.7 Å². The lowest BCUT2D eigenvalue weighted by molar-refractivity contribution is -0.139. The van der Waals surface area contributed by atoms with Crippen LogP contribution in [-0.2, 0) is 10.2 Å². The molecule has 1 amide bonds. The number of rotatable bonds is 4. The van der Waals surface area contributed by atoms with Crippen molar-refractivity contribution < 1.29 is 9.53 Å². The van der Waals surface area contributed by atoms with Crippen molar-refractivity contribution in [3.05, 3.63) is 29.8 Å². The van der Waals surface area contributed by atoms with E-state index in [1.807, 2.05) is 30.0 Å². The van der Waals surface area contributed by atoms with Crippen molar-refractivity contribution in [1.82, 2.24) is 4.90 Å². The zero-order valence-corrected chi connectivity index (χ0v) is 14.8. The Balaban J connectivity index is 1.96. The number of ether oxygens (including phenoxy) is 1. The van der Waals surface area contributed by atoms with Gasteiger partial charge in [0.15, 0.2) is 6.10 Å². The van der Waals surface area contributed by atoms with Crippen LogP contribution in [0.25, 0.3) is 0 Å². The molecule has 2 rings (SSSR count). The van der Waals surface area contributed by atoms with E-state index in [1.54, 1.807) is 0 Å². The van der Waals surface area contributed by atoms with Gasteiger partial charge in [0.25, 0.3) is 5.91 Å². The molecule has 4 nitrogen and oxygen atoms in total. The van der Waals surface area contributed by atoms with Crippen LogP contribution in [0.5, 0.6) is 5.75 Å². The standard InChI is InChI=1S/C19H30N2O2/c1-14(18(22)21-10-8-15(13-20)9-11-21)23-17-7-5-6-16(12-17)19(2,3)4/h5-7,12,14-15H,8-11,13,20H2,1-4H3. The highest BCUT2D eigenvalue weighted by Gasteiger charge is 2.26. The van der Waals surface area contributed by atoms with Crippen molar-refractivity contribution >= 4 is 5.91 Å². The first-order valence-corrected chi connectivity index (χ1v) is 8.57.